The number of nitrogens with zero attached hydrogens (tertiary/aromatic N) is 1. The largest absolute Gasteiger partial charge is 0.481 e. The normalized spacial score (nSPS) is 34.1. The van der Waals surface area contributed by atoms with E-state index in [1.54, 1.807) is 0 Å². The predicted octanol–water partition coefficient (Wildman–Crippen LogP) is 2.13. The van der Waals surface area contributed by atoms with Crippen molar-refractivity contribution >= 4 is 5.97 Å². The molecule has 1 N–H and O–H groups in total. The highest BCUT2D eigenvalue weighted by Gasteiger charge is 2.35. The van der Waals surface area contributed by atoms with Crippen LogP contribution in [-0.4, -0.2) is 47.3 Å². The molecule has 0 amide bonds. The summed E-state index contributed by atoms with van der Waals surface area (Å²) in [5, 5.41) is 8.98. The molecule has 4 heteroatoms. The van der Waals surface area contributed by atoms with Gasteiger partial charge in [0.25, 0.3) is 0 Å². The van der Waals surface area contributed by atoms with Crippen molar-refractivity contribution in [1.82, 2.24) is 4.90 Å². The molecule has 0 bridgehead atoms. The zero-order valence-electron chi connectivity index (χ0n) is 11.5. The summed E-state index contributed by atoms with van der Waals surface area (Å²) in [6, 6.07) is 0.774. The molecule has 0 saturated carbocycles. The van der Waals surface area contributed by atoms with Crippen molar-refractivity contribution in [2.75, 3.05) is 13.2 Å². The standard InChI is InChI=1S/C14H25NO3/c1-10(2)13-8-12(5-7-18-13)15-6-3-4-11(15)9-14(16)17/h10-13H,3-9H2,1-2H3,(H,16,17). The third-order valence-electron chi connectivity index (χ3n) is 4.33. The monoisotopic (exact) mass is 255 g/mol. The maximum absolute atomic E-state index is 10.9. The summed E-state index contributed by atoms with van der Waals surface area (Å²) in [6.07, 6.45) is 4.93. The van der Waals surface area contributed by atoms with Crippen LogP contribution >= 0.6 is 0 Å². The minimum Gasteiger partial charge on any atom is -0.481 e. The lowest BCUT2D eigenvalue weighted by Crippen LogP contribution is -2.46. The van der Waals surface area contributed by atoms with Crippen LogP contribution in [0.1, 0.15) is 46.0 Å². The van der Waals surface area contributed by atoms with E-state index in [4.69, 9.17) is 9.84 Å². The molecule has 2 saturated heterocycles. The summed E-state index contributed by atoms with van der Waals surface area (Å²) >= 11 is 0. The van der Waals surface area contributed by atoms with Gasteiger partial charge in [-0.25, -0.2) is 0 Å². The van der Waals surface area contributed by atoms with Crippen LogP contribution in [0, 0.1) is 5.92 Å². The van der Waals surface area contributed by atoms with Gasteiger partial charge in [-0.1, -0.05) is 13.8 Å². The van der Waals surface area contributed by atoms with Crippen molar-refractivity contribution in [2.24, 2.45) is 5.92 Å². The number of carboxylic acids is 1. The zero-order chi connectivity index (χ0) is 13.1. The topological polar surface area (TPSA) is 49.8 Å². The molecule has 0 aromatic heterocycles. The highest BCUT2D eigenvalue weighted by molar-refractivity contribution is 5.67. The summed E-state index contributed by atoms with van der Waals surface area (Å²) in [5.74, 6) is -0.118. The highest BCUT2D eigenvalue weighted by Crippen LogP contribution is 2.30. The molecule has 0 spiro atoms. The Kier molecular flexibility index (Phi) is 4.62. The van der Waals surface area contributed by atoms with Crippen LogP contribution in [0.25, 0.3) is 0 Å². The van der Waals surface area contributed by atoms with Crippen molar-refractivity contribution < 1.29 is 14.6 Å². The molecule has 4 nitrogen and oxygen atoms in total. The number of hydrogen-bond donors (Lipinski definition) is 1. The highest BCUT2D eigenvalue weighted by atomic mass is 16.5. The lowest BCUT2D eigenvalue weighted by Gasteiger charge is -2.39. The third kappa shape index (κ3) is 3.23. The smallest absolute Gasteiger partial charge is 0.304 e. The summed E-state index contributed by atoms with van der Waals surface area (Å²) in [4.78, 5) is 13.3. The number of carbonyl (C=O) groups is 1. The van der Waals surface area contributed by atoms with E-state index >= 15 is 0 Å². The molecule has 2 fully saturated rings. The summed E-state index contributed by atoms with van der Waals surface area (Å²) in [5.41, 5.74) is 0. The number of aliphatic carboxylic acids is 1. The van der Waals surface area contributed by atoms with Crippen LogP contribution in [-0.2, 0) is 9.53 Å². The van der Waals surface area contributed by atoms with E-state index in [2.05, 4.69) is 18.7 Å². The molecule has 18 heavy (non-hydrogen) atoms. The fourth-order valence-corrected chi connectivity index (χ4v) is 3.33. The quantitative estimate of drug-likeness (QED) is 0.836. The number of ether oxygens (including phenoxy) is 1. The van der Waals surface area contributed by atoms with Gasteiger partial charge < -0.3 is 9.84 Å². The van der Waals surface area contributed by atoms with Gasteiger partial charge in [0.1, 0.15) is 0 Å². The molecule has 0 aromatic rings. The molecule has 0 aliphatic carbocycles. The first-order chi connectivity index (χ1) is 8.58. The lowest BCUT2D eigenvalue weighted by molar-refractivity contribution is -0.138. The van der Waals surface area contributed by atoms with E-state index in [0.29, 0.717) is 24.5 Å². The molecule has 0 radical (unpaired) electrons. The Balaban J connectivity index is 1.94. The average molecular weight is 255 g/mol. The zero-order valence-corrected chi connectivity index (χ0v) is 11.5. The van der Waals surface area contributed by atoms with Gasteiger partial charge in [-0.15, -0.1) is 0 Å². The van der Waals surface area contributed by atoms with Crippen LogP contribution in [0.2, 0.25) is 0 Å². The summed E-state index contributed by atoms with van der Waals surface area (Å²) in [6.45, 7) is 6.29. The van der Waals surface area contributed by atoms with Crippen molar-refractivity contribution in [3.63, 3.8) is 0 Å². The molecular weight excluding hydrogens is 230 g/mol. The van der Waals surface area contributed by atoms with Crippen molar-refractivity contribution in [2.45, 2.75) is 64.1 Å². The van der Waals surface area contributed by atoms with Gasteiger partial charge in [-0.3, -0.25) is 9.69 Å². The average Bonchev–Trinajstić information content (AvgIpc) is 2.76. The Morgan fingerprint density at radius 1 is 1.44 bits per heavy atom. The SMILES string of the molecule is CC(C)C1CC(N2CCCC2CC(=O)O)CCO1. The first kappa shape index (κ1) is 13.8. The van der Waals surface area contributed by atoms with Crippen LogP contribution in [0.3, 0.4) is 0 Å². The molecule has 104 valence electrons. The number of carboxylic acid groups (broad SMARTS) is 1. The predicted molar refractivity (Wildman–Crippen MR) is 69.6 cm³/mol. The Bertz CT molecular complexity index is 293. The molecule has 3 unspecified atom stereocenters. The van der Waals surface area contributed by atoms with Gasteiger partial charge in [0.15, 0.2) is 0 Å². The second-order valence-electron chi connectivity index (χ2n) is 5.96. The molecule has 2 rings (SSSR count). The molecule has 2 heterocycles. The number of rotatable bonds is 4. The van der Waals surface area contributed by atoms with Gasteiger partial charge in [-0.05, 0) is 38.1 Å². The fraction of sp³-hybridized carbons (Fsp3) is 0.929. The van der Waals surface area contributed by atoms with E-state index in [0.717, 1.165) is 38.8 Å². The second-order valence-corrected chi connectivity index (χ2v) is 5.96. The van der Waals surface area contributed by atoms with E-state index in [1.165, 1.54) is 0 Å². The minimum absolute atomic E-state index is 0.249. The van der Waals surface area contributed by atoms with Gasteiger partial charge in [0, 0.05) is 18.7 Å². The number of hydrogen-bond acceptors (Lipinski definition) is 3. The first-order valence-electron chi connectivity index (χ1n) is 7.17. The Morgan fingerprint density at radius 3 is 2.89 bits per heavy atom. The Labute approximate surface area is 109 Å². The van der Waals surface area contributed by atoms with E-state index < -0.39 is 5.97 Å². The van der Waals surface area contributed by atoms with Crippen molar-refractivity contribution in [3.8, 4) is 0 Å². The van der Waals surface area contributed by atoms with Gasteiger partial charge in [-0.2, -0.15) is 0 Å². The molecule has 0 aromatic carbocycles. The maximum Gasteiger partial charge on any atom is 0.304 e. The van der Waals surface area contributed by atoms with E-state index in [9.17, 15) is 4.79 Å². The van der Waals surface area contributed by atoms with Gasteiger partial charge in [0.2, 0.25) is 0 Å². The first-order valence-corrected chi connectivity index (χ1v) is 7.17. The molecule has 3 atom stereocenters. The fourth-order valence-electron chi connectivity index (χ4n) is 3.33. The second kappa shape index (κ2) is 6.02. The van der Waals surface area contributed by atoms with E-state index in [1.807, 2.05) is 0 Å². The third-order valence-corrected chi connectivity index (χ3v) is 4.33. The molecule has 2 aliphatic rings. The maximum atomic E-state index is 10.9. The van der Waals surface area contributed by atoms with E-state index in [-0.39, 0.29) is 6.04 Å². The van der Waals surface area contributed by atoms with Crippen LogP contribution in [0.4, 0.5) is 0 Å². The number of likely N-dealkylation sites (tertiary alicyclic amines) is 1. The lowest BCUT2D eigenvalue weighted by atomic mass is 9.93. The van der Waals surface area contributed by atoms with Crippen LogP contribution in [0.15, 0.2) is 0 Å². The van der Waals surface area contributed by atoms with Gasteiger partial charge >= 0.3 is 5.97 Å². The molecule has 2 aliphatic heterocycles. The Morgan fingerprint density at radius 2 is 2.22 bits per heavy atom. The summed E-state index contributed by atoms with van der Waals surface area (Å²) < 4.78 is 5.80. The van der Waals surface area contributed by atoms with Crippen LogP contribution < -0.4 is 0 Å². The van der Waals surface area contributed by atoms with Crippen molar-refractivity contribution in [1.29, 1.82) is 0 Å². The molecular formula is C14H25NO3. The van der Waals surface area contributed by atoms with Crippen molar-refractivity contribution in [3.05, 3.63) is 0 Å². The summed E-state index contributed by atoms with van der Waals surface area (Å²) in [7, 11) is 0. The minimum atomic E-state index is -0.667. The Hall–Kier alpha value is -0.610. The van der Waals surface area contributed by atoms with Gasteiger partial charge in [0.05, 0.1) is 12.5 Å². The van der Waals surface area contributed by atoms with Crippen LogP contribution in [0.5, 0.6) is 0 Å².